The SMILES string of the molecule is Cc1ccc(Oc2cccc(Cl)c2CBr)c(Cl)c1. The van der Waals surface area contributed by atoms with Gasteiger partial charge in [0.15, 0.2) is 0 Å². The molecule has 2 aromatic rings. The lowest BCUT2D eigenvalue weighted by Gasteiger charge is -2.12. The van der Waals surface area contributed by atoms with Crippen LogP contribution in [-0.4, -0.2) is 0 Å². The Morgan fingerprint density at radius 2 is 1.83 bits per heavy atom. The minimum atomic E-state index is 0.593. The Morgan fingerprint density at radius 1 is 1.06 bits per heavy atom. The maximum absolute atomic E-state index is 6.15. The Morgan fingerprint density at radius 3 is 2.50 bits per heavy atom. The van der Waals surface area contributed by atoms with E-state index < -0.39 is 0 Å². The van der Waals surface area contributed by atoms with Gasteiger partial charge in [-0.15, -0.1) is 0 Å². The zero-order chi connectivity index (χ0) is 13.1. The van der Waals surface area contributed by atoms with Crippen LogP contribution in [0.15, 0.2) is 36.4 Å². The van der Waals surface area contributed by atoms with E-state index in [2.05, 4.69) is 15.9 Å². The van der Waals surface area contributed by atoms with Crippen LogP contribution in [0.5, 0.6) is 11.5 Å². The largest absolute Gasteiger partial charge is 0.455 e. The predicted molar refractivity (Wildman–Crippen MR) is 80.3 cm³/mol. The third kappa shape index (κ3) is 3.00. The van der Waals surface area contributed by atoms with E-state index in [1.165, 1.54) is 0 Å². The molecule has 0 spiro atoms. The lowest BCUT2D eigenvalue weighted by Crippen LogP contribution is -1.91. The second-order valence-electron chi connectivity index (χ2n) is 3.89. The Bertz CT molecular complexity index is 570. The molecule has 0 saturated carbocycles. The summed E-state index contributed by atoms with van der Waals surface area (Å²) in [5, 5.41) is 1.90. The number of hydrogen-bond donors (Lipinski definition) is 0. The van der Waals surface area contributed by atoms with Gasteiger partial charge in [0, 0.05) is 15.9 Å². The molecule has 2 aromatic carbocycles. The van der Waals surface area contributed by atoms with Gasteiger partial charge in [0.05, 0.1) is 5.02 Å². The van der Waals surface area contributed by atoms with E-state index in [0.717, 1.165) is 11.1 Å². The van der Waals surface area contributed by atoms with Gasteiger partial charge in [0.2, 0.25) is 0 Å². The van der Waals surface area contributed by atoms with Crippen LogP contribution in [0.4, 0.5) is 0 Å². The highest BCUT2D eigenvalue weighted by molar-refractivity contribution is 9.08. The molecule has 18 heavy (non-hydrogen) atoms. The number of rotatable bonds is 3. The average Bonchev–Trinajstić information content (AvgIpc) is 2.33. The normalized spacial score (nSPS) is 10.4. The Kier molecular flexibility index (Phi) is 4.55. The highest BCUT2D eigenvalue weighted by atomic mass is 79.9. The average molecular weight is 346 g/mol. The fourth-order valence-corrected chi connectivity index (χ4v) is 2.82. The molecular formula is C14H11BrCl2O. The molecule has 0 saturated heterocycles. The molecule has 0 aliphatic carbocycles. The lowest BCUT2D eigenvalue weighted by molar-refractivity contribution is 0.479. The van der Waals surface area contributed by atoms with Crippen molar-refractivity contribution in [2.75, 3.05) is 0 Å². The van der Waals surface area contributed by atoms with E-state index in [1.54, 1.807) is 0 Å². The topological polar surface area (TPSA) is 9.23 Å². The number of aryl methyl sites for hydroxylation is 1. The first-order valence-corrected chi connectivity index (χ1v) is 7.27. The summed E-state index contributed by atoms with van der Waals surface area (Å²) >= 11 is 15.7. The van der Waals surface area contributed by atoms with E-state index in [0.29, 0.717) is 26.9 Å². The fraction of sp³-hybridized carbons (Fsp3) is 0.143. The number of hydrogen-bond acceptors (Lipinski definition) is 1. The molecule has 1 nitrogen and oxygen atoms in total. The quantitative estimate of drug-likeness (QED) is 0.621. The molecule has 0 atom stereocenters. The number of halogens is 3. The van der Waals surface area contributed by atoms with Crippen LogP contribution >= 0.6 is 39.1 Å². The molecule has 0 aliphatic rings. The molecule has 4 heteroatoms. The summed E-state index contributed by atoms with van der Waals surface area (Å²) in [6, 6.07) is 11.2. The summed E-state index contributed by atoms with van der Waals surface area (Å²) in [7, 11) is 0. The van der Waals surface area contributed by atoms with E-state index in [4.69, 9.17) is 27.9 Å². The minimum Gasteiger partial charge on any atom is -0.455 e. The van der Waals surface area contributed by atoms with Crippen molar-refractivity contribution in [3.63, 3.8) is 0 Å². The van der Waals surface area contributed by atoms with Crippen LogP contribution < -0.4 is 4.74 Å². The molecule has 94 valence electrons. The van der Waals surface area contributed by atoms with Crippen molar-refractivity contribution < 1.29 is 4.74 Å². The van der Waals surface area contributed by atoms with Crippen LogP contribution in [0, 0.1) is 6.92 Å². The molecule has 0 unspecified atom stereocenters. The molecule has 0 aromatic heterocycles. The van der Waals surface area contributed by atoms with Crippen LogP contribution in [0.1, 0.15) is 11.1 Å². The third-order valence-corrected chi connectivity index (χ3v) is 3.73. The number of benzene rings is 2. The van der Waals surface area contributed by atoms with Crippen LogP contribution in [0.2, 0.25) is 10.0 Å². The van der Waals surface area contributed by atoms with E-state index in [1.807, 2.05) is 43.3 Å². The zero-order valence-electron chi connectivity index (χ0n) is 9.71. The zero-order valence-corrected chi connectivity index (χ0v) is 12.8. The number of alkyl halides is 1. The first kappa shape index (κ1) is 13.7. The smallest absolute Gasteiger partial charge is 0.146 e. The third-order valence-electron chi connectivity index (χ3n) is 2.52. The highest BCUT2D eigenvalue weighted by Crippen LogP contribution is 2.35. The summed E-state index contributed by atoms with van der Waals surface area (Å²) in [4.78, 5) is 0. The highest BCUT2D eigenvalue weighted by Gasteiger charge is 2.09. The van der Waals surface area contributed by atoms with Crippen molar-refractivity contribution in [1.29, 1.82) is 0 Å². The monoisotopic (exact) mass is 344 g/mol. The molecular weight excluding hydrogens is 335 g/mol. The van der Waals surface area contributed by atoms with Gasteiger partial charge in [0.25, 0.3) is 0 Å². The van der Waals surface area contributed by atoms with Gasteiger partial charge >= 0.3 is 0 Å². The van der Waals surface area contributed by atoms with Crippen molar-refractivity contribution in [2.45, 2.75) is 12.3 Å². The summed E-state index contributed by atoms with van der Waals surface area (Å²) in [6.45, 7) is 1.99. The van der Waals surface area contributed by atoms with Crippen molar-refractivity contribution in [1.82, 2.24) is 0 Å². The fourth-order valence-electron chi connectivity index (χ4n) is 1.57. The molecule has 0 aliphatic heterocycles. The maximum Gasteiger partial charge on any atom is 0.146 e. The van der Waals surface area contributed by atoms with Gasteiger partial charge in [-0.3, -0.25) is 0 Å². The van der Waals surface area contributed by atoms with Gasteiger partial charge in [-0.1, -0.05) is 51.3 Å². The molecule has 2 rings (SSSR count). The van der Waals surface area contributed by atoms with Gasteiger partial charge in [0.1, 0.15) is 11.5 Å². The summed E-state index contributed by atoms with van der Waals surface area (Å²) in [6.07, 6.45) is 0. The van der Waals surface area contributed by atoms with Gasteiger partial charge < -0.3 is 4.74 Å². The van der Waals surface area contributed by atoms with Crippen molar-refractivity contribution in [3.8, 4) is 11.5 Å². The first-order valence-electron chi connectivity index (χ1n) is 5.39. The predicted octanol–water partition coefficient (Wildman–Crippen LogP) is 5.99. The first-order chi connectivity index (χ1) is 8.61. The Labute approximate surface area is 125 Å². The van der Waals surface area contributed by atoms with E-state index in [-0.39, 0.29) is 0 Å². The van der Waals surface area contributed by atoms with Gasteiger partial charge in [-0.05, 0) is 36.8 Å². The Balaban J connectivity index is 2.37. The van der Waals surface area contributed by atoms with Crippen LogP contribution in [0.3, 0.4) is 0 Å². The van der Waals surface area contributed by atoms with Crippen molar-refractivity contribution in [2.24, 2.45) is 0 Å². The minimum absolute atomic E-state index is 0.593. The second kappa shape index (κ2) is 5.96. The molecule has 0 fully saturated rings. The summed E-state index contributed by atoms with van der Waals surface area (Å²) < 4.78 is 5.82. The molecule has 0 amide bonds. The molecule has 0 heterocycles. The van der Waals surface area contributed by atoms with Gasteiger partial charge in [-0.2, -0.15) is 0 Å². The maximum atomic E-state index is 6.15. The van der Waals surface area contributed by atoms with Crippen molar-refractivity contribution >= 4 is 39.1 Å². The number of ether oxygens (including phenoxy) is 1. The van der Waals surface area contributed by atoms with Gasteiger partial charge in [-0.25, -0.2) is 0 Å². The van der Waals surface area contributed by atoms with E-state index in [9.17, 15) is 0 Å². The van der Waals surface area contributed by atoms with Crippen LogP contribution in [0.25, 0.3) is 0 Å². The standard InChI is InChI=1S/C14H11BrCl2O/c1-9-5-6-14(12(17)7-9)18-13-4-2-3-11(16)10(13)8-15/h2-7H,8H2,1H3. The molecule has 0 bridgehead atoms. The lowest BCUT2D eigenvalue weighted by atomic mass is 10.2. The molecule has 0 radical (unpaired) electrons. The summed E-state index contributed by atoms with van der Waals surface area (Å²) in [5.41, 5.74) is 2.01. The molecule has 0 N–H and O–H groups in total. The van der Waals surface area contributed by atoms with E-state index >= 15 is 0 Å². The van der Waals surface area contributed by atoms with Crippen molar-refractivity contribution in [3.05, 3.63) is 57.6 Å². The van der Waals surface area contributed by atoms with Crippen LogP contribution in [-0.2, 0) is 5.33 Å². The summed E-state index contributed by atoms with van der Waals surface area (Å²) in [5.74, 6) is 1.34. The Hall–Kier alpha value is -0.700. The second-order valence-corrected chi connectivity index (χ2v) is 5.26.